The molecule has 556 valence electrons. The smallest absolute Gasteiger partial charge is 0.411 e. The fourth-order valence-corrected chi connectivity index (χ4v) is 12.4. The second-order valence-corrected chi connectivity index (χ2v) is 27.3. The van der Waals surface area contributed by atoms with Crippen LogP contribution in [-0.4, -0.2) is 238 Å². The summed E-state index contributed by atoms with van der Waals surface area (Å²) in [5.41, 5.74) is -2.59. The van der Waals surface area contributed by atoms with E-state index in [0.717, 1.165) is 4.90 Å². The number of amides is 7. The quantitative estimate of drug-likeness (QED) is 0.0379. The summed E-state index contributed by atoms with van der Waals surface area (Å²) in [6.07, 6.45) is 18.2. The molecule has 2 aliphatic rings. The first-order chi connectivity index (χ1) is 47.6. The van der Waals surface area contributed by atoms with Crippen LogP contribution in [0.4, 0.5) is 9.59 Å². The van der Waals surface area contributed by atoms with Crippen LogP contribution < -0.4 is 21.3 Å². The van der Waals surface area contributed by atoms with Gasteiger partial charge >= 0.3 is 12.2 Å². The number of aryl methyl sites for hydroxylation is 2. The van der Waals surface area contributed by atoms with Gasteiger partial charge in [-0.2, -0.15) is 10.5 Å². The van der Waals surface area contributed by atoms with Gasteiger partial charge in [0.25, 0.3) is 0 Å². The number of hydrogen-bond acceptors (Lipinski definition) is 21. The predicted octanol–water partition coefficient (Wildman–Crippen LogP) is 5.15. The number of nitrogens with zero attached hydrogens (tertiary/aromatic N) is 11. The molecule has 100 heavy (non-hydrogen) atoms. The van der Waals surface area contributed by atoms with E-state index in [1.807, 2.05) is 65.8 Å². The van der Waals surface area contributed by atoms with E-state index >= 15 is 0 Å². The predicted molar refractivity (Wildman–Crippen MR) is 369 cm³/mol. The number of terminal acetylenes is 1. The van der Waals surface area contributed by atoms with Crippen molar-refractivity contribution >= 4 is 41.7 Å². The zero-order chi connectivity index (χ0) is 74.1. The number of carbonyl (C=O) groups excluding carboxylic acids is 7. The lowest BCUT2D eigenvalue weighted by Gasteiger charge is -2.44. The molecule has 2 aliphatic heterocycles. The second-order valence-electron chi connectivity index (χ2n) is 27.3. The number of likely N-dealkylation sites (tertiary alicyclic amines) is 2. The minimum atomic E-state index is -0.948. The van der Waals surface area contributed by atoms with Crippen molar-refractivity contribution in [2.75, 3.05) is 93.3 Å². The fraction of sp³-hybridized carbons (Fsp3) is 0.729. The molecule has 0 saturated carbocycles. The van der Waals surface area contributed by atoms with E-state index in [1.54, 1.807) is 68.2 Å². The van der Waals surface area contributed by atoms with Gasteiger partial charge in [-0.15, -0.1) is 16.6 Å². The second kappa shape index (κ2) is 42.3. The lowest BCUT2D eigenvalue weighted by molar-refractivity contribution is -0.140. The van der Waals surface area contributed by atoms with Crippen molar-refractivity contribution in [1.82, 2.24) is 66.0 Å². The molecular formula is C70H111N15O15. The van der Waals surface area contributed by atoms with Crippen LogP contribution in [0.15, 0.2) is 36.7 Å². The van der Waals surface area contributed by atoms with Gasteiger partial charge in [-0.05, 0) is 94.9 Å². The number of nitrogens with one attached hydrogen (secondary N) is 4. The number of methoxy groups -OCH3 is 2. The van der Waals surface area contributed by atoms with Crippen LogP contribution >= 0.6 is 0 Å². The van der Waals surface area contributed by atoms with E-state index < -0.39 is 102 Å². The Morgan fingerprint density at radius 2 is 1.00 bits per heavy atom. The Kier molecular flexibility index (Phi) is 35.7. The van der Waals surface area contributed by atoms with Gasteiger partial charge in [0.1, 0.15) is 43.0 Å². The number of nitriles is 2. The number of allylic oxidation sites excluding steroid dienone is 2. The van der Waals surface area contributed by atoms with Crippen LogP contribution in [-0.2, 0) is 87.8 Å². The third-order valence-electron chi connectivity index (χ3n) is 17.1. The topological polar surface area (TPSA) is 360 Å². The molecule has 2 aromatic rings. The number of rotatable bonds is 43. The van der Waals surface area contributed by atoms with Crippen molar-refractivity contribution in [2.24, 2.45) is 11.8 Å². The largest absolute Gasteiger partial charge is 0.444 e. The Balaban J connectivity index is 1.38. The summed E-state index contributed by atoms with van der Waals surface area (Å²) in [5, 5.41) is 49.5. The molecule has 30 nitrogen and oxygen atoms in total. The average molecular weight is 1400 g/mol. The van der Waals surface area contributed by atoms with Crippen molar-refractivity contribution in [2.45, 2.75) is 225 Å². The first-order valence-corrected chi connectivity index (χ1v) is 34.7. The lowest BCUT2D eigenvalue weighted by atomic mass is 9.80. The summed E-state index contributed by atoms with van der Waals surface area (Å²) >= 11 is 0. The summed E-state index contributed by atoms with van der Waals surface area (Å²) in [6, 6.07) is 0.0824. The van der Waals surface area contributed by atoms with E-state index in [-0.39, 0.29) is 108 Å². The van der Waals surface area contributed by atoms with E-state index in [4.69, 9.17) is 44.3 Å². The molecule has 0 aliphatic carbocycles. The molecule has 0 radical (unpaired) electrons. The number of hydrogen-bond donors (Lipinski definition) is 4. The van der Waals surface area contributed by atoms with Crippen LogP contribution in [0.5, 0.6) is 0 Å². The number of carbonyl (C=O) groups is 7. The van der Waals surface area contributed by atoms with Gasteiger partial charge in [-0.1, -0.05) is 67.3 Å². The highest BCUT2D eigenvalue weighted by molar-refractivity contribution is 5.89. The molecule has 4 heterocycles. The summed E-state index contributed by atoms with van der Waals surface area (Å²) in [6.45, 7) is 23.6. The zero-order valence-electron chi connectivity index (χ0n) is 61.4. The standard InChI is InChI=1S/C70H111N15O15/c1-16-21-50-42-54(44-71)84(65(91)99-67(6,7)8)61(50)63(69(12,93-14)28-18-3)75-56(86)25-23-52-46-82(79-77-52)32-30-73-58(88)48-81(60(90)27-35-96-37-39-98-41-40-97-38-36-95-34-20-5)49-59(89)74-31-33-83-47-53(78-80-83)24-26-57(87)76-64(70(13,94-15)29-19-4)62-51(22-17-2)43-55(45-72)85(62)66(92)100-68(9,10)11/h5,16-17,21-22,46-47,50-51,54-55,61-64H,18-19,23-43,48-49H2,1-4,6-15H3,(H,73,88)(H,74,89)(H,75,86)(H,76,87)/b21-16-,22-17-/t50-,51-,54-,55-,61-,62-,63-,64-,69+,70+/m1/s1. The molecule has 2 saturated heterocycles. The summed E-state index contributed by atoms with van der Waals surface area (Å²) in [4.78, 5) is 101. The van der Waals surface area contributed by atoms with Crippen molar-refractivity contribution < 1.29 is 71.5 Å². The summed E-state index contributed by atoms with van der Waals surface area (Å²) in [7, 11) is 3.14. The van der Waals surface area contributed by atoms with Crippen molar-refractivity contribution in [3.05, 3.63) is 48.1 Å². The highest BCUT2D eigenvalue weighted by atomic mass is 16.6. The molecule has 10 atom stereocenters. The molecule has 0 spiro atoms. The molecule has 0 unspecified atom stereocenters. The highest BCUT2D eigenvalue weighted by Gasteiger charge is 2.55. The zero-order valence-corrected chi connectivity index (χ0v) is 61.4. The number of ether oxygens (including phenoxy) is 8. The Labute approximate surface area is 590 Å². The van der Waals surface area contributed by atoms with E-state index in [9.17, 15) is 44.1 Å². The highest BCUT2D eigenvalue weighted by Crippen LogP contribution is 2.41. The summed E-state index contributed by atoms with van der Waals surface area (Å²) in [5.74, 6) is -0.513. The minimum absolute atomic E-state index is 0.00335. The molecular weight excluding hydrogens is 1290 g/mol. The Morgan fingerprint density at radius 3 is 1.35 bits per heavy atom. The average Bonchev–Trinajstić information content (AvgIpc) is 1.57. The Bertz CT molecular complexity index is 2930. The van der Waals surface area contributed by atoms with Gasteiger partial charge in [-0.25, -0.2) is 9.59 Å². The van der Waals surface area contributed by atoms with E-state index in [0.29, 0.717) is 76.3 Å². The molecule has 4 rings (SSSR count). The van der Waals surface area contributed by atoms with Gasteiger partial charge in [-0.3, -0.25) is 43.1 Å². The van der Waals surface area contributed by atoms with Gasteiger partial charge < -0.3 is 64.1 Å². The van der Waals surface area contributed by atoms with Crippen LogP contribution in [0, 0.1) is 46.8 Å². The Morgan fingerprint density at radius 1 is 0.610 bits per heavy atom. The lowest BCUT2D eigenvalue weighted by Crippen LogP contribution is -2.64. The van der Waals surface area contributed by atoms with Crippen LogP contribution in [0.3, 0.4) is 0 Å². The van der Waals surface area contributed by atoms with Crippen LogP contribution in [0.2, 0.25) is 0 Å². The molecule has 0 aromatic carbocycles. The maximum Gasteiger partial charge on any atom is 0.411 e. The van der Waals surface area contributed by atoms with Crippen molar-refractivity contribution in [3.63, 3.8) is 0 Å². The minimum Gasteiger partial charge on any atom is -0.444 e. The molecule has 2 fully saturated rings. The maximum atomic E-state index is 14.0. The van der Waals surface area contributed by atoms with Gasteiger partial charge in [0.15, 0.2) is 0 Å². The summed E-state index contributed by atoms with van der Waals surface area (Å²) < 4.78 is 48.7. The Hall–Kier alpha value is -8.05. The van der Waals surface area contributed by atoms with Gasteiger partial charge in [0, 0.05) is 77.2 Å². The van der Waals surface area contributed by atoms with Crippen molar-refractivity contribution in [3.8, 4) is 24.5 Å². The molecule has 7 amide bonds. The molecule has 0 bridgehead atoms. The first kappa shape index (κ1) is 84.4. The number of aromatic nitrogens is 6. The molecule has 4 N–H and O–H groups in total. The van der Waals surface area contributed by atoms with Crippen molar-refractivity contribution in [1.29, 1.82) is 10.5 Å². The molecule has 30 heteroatoms. The normalized spacial score (nSPS) is 19.6. The van der Waals surface area contributed by atoms with Gasteiger partial charge in [0.2, 0.25) is 29.5 Å². The first-order valence-electron chi connectivity index (χ1n) is 34.7. The van der Waals surface area contributed by atoms with Crippen LogP contribution in [0.1, 0.15) is 152 Å². The van der Waals surface area contributed by atoms with Gasteiger partial charge in [0.05, 0.1) is 125 Å². The SMILES string of the molecule is C#CCOCCOCCOCCOCCC(=O)N(CC(=O)NCCn1cc(CCC(=O)N[C@H]([C@H]2[C@H](/C=C\C)C[C@H](C#N)N2C(=O)OC(C)(C)C)[C@](C)(CCC)OC)nn1)CC(=O)NCCn1cc(CCC(=O)N[C@H]([C@H]2[C@H](/C=C\C)C[C@H](C#N)N2C(=O)OC(C)(C)C)[C@](C)(CCC)OC)nn1. The van der Waals surface area contributed by atoms with E-state index in [1.165, 1.54) is 19.2 Å². The maximum absolute atomic E-state index is 14.0. The van der Waals surface area contributed by atoms with E-state index in [2.05, 4.69) is 60.0 Å². The third kappa shape index (κ3) is 27.5. The molecule has 2 aromatic heterocycles. The van der Waals surface area contributed by atoms with Crippen LogP contribution in [0.25, 0.3) is 0 Å². The fourth-order valence-electron chi connectivity index (χ4n) is 12.4. The third-order valence-corrected chi connectivity index (χ3v) is 17.1. The monoisotopic (exact) mass is 1400 g/mol.